The number of thiol groups is 2. The van der Waals surface area contributed by atoms with Crippen LogP contribution in [0.4, 0.5) is 20.5 Å². The smallest absolute Gasteiger partial charge is 0.282 e. The lowest BCUT2D eigenvalue weighted by Gasteiger charge is -2.30. The molecule has 4 aromatic heterocycles. The summed E-state index contributed by atoms with van der Waals surface area (Å²) in [6, 6.07) is 0. The Morgan fingerprint density at radius 1 is 1.07 bits per heavy atom. The third-order valence-corrected chi connectivity index (χ3v) is 6.74. The van der Waals surface area contributed by atoms with Gasteiger partial charge in [-0.1, -0.05) is 10.4 Å². The molecule has 3 unspecified atom stereocenters. The largest absolute Gasteiger partial charge is 0.382 e. The molecule has 0 saturated carbocycles. The molecule has 4 aromatic rings. The van der Waals surface area contributed by atoms with Gasteiger partial charge in [0.2, 0.25) is 24.1 Å². The Bertz CT molecular complexity index is 1570. The number of hydrogen-bond donors (Lipinski definition) is 5. The van der Waals surface area contributed by atoms with Gasteiger partial charge in [0, 0.05) is 23.7 Å². The summed E-state index contributed by atoms with van der Waals surface area (Å²) < 4.78 is 65.0. The fourth-order valence-electron chi connectivity index (χ4n) is 3.96. The SMILES string of the molecule is COC(OC(S)OC[C@H]([C@@H](COP)OC)[C@H](F)n1nnc2c(N)ncnc21)[C@@H](F)[C@H](OS)n1nnc2c(=O)[nH]c(N)nc21. The first-order valence-corrected chi connectivity index (χ1v) is 13.3. The van der Waals surface area contributed by atoms with Crippen LogP contribution in [0.5, 0.6) is 0 Å². The Hall–Kier alpha value is -2.89. The molecule has 24 heteroatoms. The first kappa shape index (κ1) is 33.0. The van der Waals surface area contributed by atoms with E-state index >= 15 is 8.78 Å². The van der Waals surface area contributed by atoms with E-state index in [0.717, 1.165) is 22.8 Å². The van der Waals surface area contributed by atoms with Crippen molar-refractivity contribution in [2.75, 3.05) is 38.9 Å². The molecule has 0 saturated heterocycles. The van der Waals surface area contributed by atoms with Gasteiger partial charge in [-0.15, -0.1) is 22.8 Å². The summed E-state index contributed by atoms with van der Waals surface area (Å²) in [6.07, 6.45) is -7.25. The Labute approximate surface area is 253 Å². The fraction of sp³-hybridized carbons (Fsp3) is 0.579. The maximum atomic E-state index is 16.0. The predicted octanol–water partition coefficient (Wildman–Crippen LogP) is -0.263. The van der Waals surface area contributed by atoms with Gasteiger partial charge in [0.1, 0.15) is 6.33 Å². The van der Waals surface area contributed by atoms with Crippen LogP contribution >= 0.6 is 35.0 Å². The molecule has 5 N–H and O–H groups in total. The summed E-state index contributed by atoms with van der Waals surface area (Å²) in [4.78, 5) is 26.1. The van der Waals surface area contributed by atoms with E-state index in [1.165, 1.54) is 7.11 Å². The van der Waals surface area contributed by atoms with E-state index in [4.69, 9.17) is 39.1 Å². The third-order valence-electron chi connectivity index (χ3n) is 6.07. The van der Waals surface area contributed by atoms with E-state index in [-0.39, 0.29) is 40.7 Å². The number of H-pyrrole nitrogens is 1. The lowest BCUT2D eigenvalue weighted by atomic mass is 10.0. The van der Waals surface area contributed by atoms with Gasteiger partial charge in [0.15, 0.2) is 40.6 Å². The quantitative estimate of drug-likeness (QED) is 0.0447. The highest BCUT2D eigenvalue weighted by atomic mass is 32.1. The van der Waals surface area contributed by atoms with Gasteiger partial charge in [0.25, 0.3) is 5.56 Å². The van der Waals surface area contributed by atoms with Crippen LogP contribution < -0.4 is 17.0 Å². The minimum absolute atomic E-state index is 0.0106. The number of hydrogen-bond acceptors (Lipinski definition) is 18. The maximum Gasteiger partial charge on any atom is 0.282 e. The van der Waals surface area contributed by atoms with Gasteiger partial charge in [-0.3, -0.25) is 14.0 Å². The number of nitrogens with zero attached hydrogens (tertiary/aromatic N) is 9. The number of aromatic amines is 1. The van der Waals surface area contributed by atoms with Gasteiger partial charge in [0.05, 0.1) is 25.2 Å². The minimum Gasteiger partial charge on any atom is -0.382 e. The van der Waals surface area contributed by atoms with E-state index in [9.17, 15) is 4.79 Å². The first-order chi connectivity index (χ1) is 20.6. The van der Waals surface area contributed by atoms with Crippen molar-refractivity contribution in [1.29, 1.82) is 0 Å². The second-order valence-corrected chi connectivity index (χ2v) is 9.55. The summed E-state index contributed by atoms with van der Waals surface area (Å²) >= 11 is 7.90. The summed E-state index contributed by atoms with van der Waals surface area (Å²) in [6.45, 7) is -0.484. The highest BCUT2D eigenvalue weighted by Crippen LogP contribution is 2.30. The van der Waals surface area contributed by atoms with Crippen molar-refractivity contribution in [3.63, 3.8) is 0 Å². The van der Waals surface area contributed by atoms with Gasteiger partial charge in [-0.2, -0.15) is 14.3 Å². The number of halogens is 2. The van der Waals surface area contributed by atoms with E-state index < -0.39 is 54.8 Å². The standard InChI is InChI=1S/C19H27F2N12O7PS2/c1-35-7(4-38-41)6(11(21)32-13-9(28-30-32)12(22)24-5-25-13)3-37-19(42)39-17(36-2)8(20)16(40-43)33-14-10(29-31-33)15(34)27-18(23)26-14/h5-8,11,16-17,19,42-43H,3-4,41H2,1-2H3,(H2,22,24,25)(H3,23,26,27,34)/t6-,7-,8+,11-,16+,17?,19?/m1/s1. The van der Waals surface area contributed by atoms with Gasteiger partial charge in [-0.05, 0) is 12.9 Å². The van der Waals surface area contributed by atoms with Crippen LogP contribution in [0.15, 0.2) is 11.1 Å². The van der Waals surface area contributed by atoms with E-state index in [1.807, 2.05) is 9.47 Å². The Kier molecular flexibility index (Phi) is 11.3. The van der Waals surface area contributed by atoms with Gasteiger partial charge in [-0.25, -0.2) is 18.7 Å². The molecule has 4 heterocycles. The Balaban J connectivity index is 1.50. The lowest BCUT2D eigenvalue weighted by Crippen LogP contribution is -2.40. The van der Waals surface area contributed by atoms with Crippen LogP contribution in [0, 0.1) is 5.92 Å². The molecule has 236 valence electrons. The Morgan fingerprint density at radius 3 is 2.47 bits per heavy atom. The van der Waals surface area contributed by atoms with Crippen LogP contribution in [0.25, 0.3) is 22.3 Å². The second kappa shape index (κ2) is 14.7. The third kappa shape index (κ3) is 7.10. The molecule has 8 atom stereocenters. The van der Waals surface area contributed by atoms with Crippen LogP contribution in [-0.2, 0) is 27.7 Å². The summed E-state index contributed by atoms with van der Waals surface area (Å²) in [5, 5.41) is 15.0. The number of anilines is 2. The molecule has 4 rings (SSSR count). The number of methoxy groups -OCH3 is 2. The highest BCUT2D eigenvalue weighted by molar-refractivity contribution is 7.80. The van der Waals surface area contributed by atoms with Crippen molar-refractivity contribution in [3.8, 4) is 0 Å². The van der Waals surface area contributed by atoms with Crippen molar-refractivity contribution in [3.05, 3.63) is 16.7 Å². The van der Waals surface area contributed by atoms with E-state index in [0.29, 0.717) is 0 Å². The van der Waals surface area contributed by atoms with E-state index in [2.05, 4.69) is 66.1 Å². The molecule has 0 fully saturated rings. The first-order valence-electron chi connectivity index (χ1n) is 12.0. The normalized spacial score (nSPS) is 17.1. The van der Waals surface area contributed by atoms with Crippen molar-refractivity contribution < 1.29 is 36.4 Å². The Morgan fingerprint density at radius 2 is 1.79 bits per heavy atom. The number of fused-ring (bicyclic) bond motifs is 2. The monoisotopic (exact) mass is 668 g/mol. The van der Waals surface area contributed by atoms with Crippen LogP contribution in [0.3, 0.4) is 0 Å². The zero-order chi connectivity index (χ0) is 31.3. The van der Waals surface area contributed by atoms with Crippen molar-refractivity contribution >= 4 is 69.1 Å². The molecule has 0 aliphatic carbocycles. The van der Waals surface area contributed by atoms with Crippen molar-refractivity contribution in [1.82, 2.24) is 49.9 Å². The number of ether oxygens (including phenoxy) is 4. The molecule has 0 aromatic carbocycles. The number of nitrogens with two attached hydrogens (primary N) is 2. The number of nitrogen functional groups attached to an aromatic ring is 2. The van der Waals surface area contributed by atoms with Crippen molar-refractivity contribution in [2.24, 2.45) is 5.92 Å². The molecule has 0 bridgehead atoms. The second-order valence-electron chi connectivity index (χ2n) is 8.59. The lowest BCUT2D eigenvalue weighted by molar-refractivity contribution is -0.244. The molecule has 0 aliphatic rings. The summed E-state index contributed by atoms with van der Waals surface area (Å²) in [7, 11) is 4.52. The molecule has 0 amide bonds. The number of nitrogens with one attached hydrogen (secondary N) is 1. The predicted molar refractivity (Wildman–Crippen MR) is 153 cm³/mol. The number of rotatable bonds is 16. The average Bonchev–Trinajstić information content (AvgIpc) is 3.61. The maximum absolute atomic E-state index is 16.0. The fourth-order valence-corrected chi connectivity index (χ4v) is 4.56. The van der Waals surface area contributed by atoms with Gasteiger partial charge < -0.3 is 34.9 Å². The van der Waals surface area contributed by atoms with Gasteiger partial charge >= 0.3 is 0 Å². The molecule has 0 radical (unpaired) electrons. The van der Waals surface area contributed by atoms with Crippen LogP contribution in [-0.4, -0.2) is 102 Å². The minimum atomic E-state index is -2.18. The topological polar surface area (TPSA) is 240 Å². The summed E-state index contributed by atoms with van der Waals surface area (Å²) in [5.74, 6) is -1.37. The zero-order valence-electron chi connectivity index (χ0n) is 22.3. The number of alkyl halides is 2. The average molecular weight is 669 g/mol. The van der Waals surface area contributed by atoms with Crippen LogP contribution in [0.1, 0.15) is 12.5 Å². The highest BCUT2D eigenvalue weighted by Gasteiger charge is 2.38. The molecule has 19 nitrogen and oxygen atoms in total. The van der Waals surface area contributed by atoms with Crippen molar-refractivity contribution in [2.45, 2.75) is 36.7 Å². The molecule has 0 spiro atoms. The van der Waals surface area contributed by atoms with E-state index in [1.54, 1.807) is 0 Å². The molecular weight excluding hydrogens is 641 g/mol. The summed E-state index contributed by atoms with van der Waals surface area (Å²) in [5.41, 5.74) is 8.88. The molecule has 0 aliphatic heterocycles. The molecule has 43 heavy (non-hydrogen) atoms. The molecular formula is C19H27F2N12O7PS2. The number of aromatic nitrogens is 10. The van der Waals surface area contributed by atoms with Crippen LogP contribution in [0.2, 0.25) is 0 Å². The zero-order valence-corrected chi connectivity index (χ0v) is 25.2.